The van der Waals surface area contributed by atoms with Gasteiger partial charge in [0.15, 0.2) is 0 Å². The van der Waals surface area contributed by atoms with Crippen LogP contribution in [0, 0.1) is 40.8 Å². The summed E-state index contributed by atoms with van der Waals surface area (Å²) < 4.78 is 122. The van der Waals surface area contributed by atoms with Crippen molar-refractivity contribution in [2.24, 2.45) is 5.92 Å². The van der Waals surface area contributed by atoms with Crippen LogP contribution in [0.4, 0.5) is 35.1 Å². The Morgan fingerprint density at radius 1 is 0.711 bits per heavy atom. The van der Waals surface area contributed by atoms with Gasteiger partial charge in [0.1, 0.15) is 51.2 Å². The van der Waals surface area contributed by atoms with Crippen molar-refractivity contribution < 1.29 is 39.9 Å². The fraction of sp³-hybridized carbons (Fsp3) is 0.257. The molecule has 0 unspecified atom stereocenters. The number of hydrogen-bond donors (Lipinski definition) is 0. The molecule has 5 rings (SSSR count). The molecule has 0 aliphatic heterocycles. The highest BCUT2D eigenvalue weighted by molar-refractivity contribution is 6.31. The molecule has 1 nitrogen and oxygen atoms in total. The minimum atomic E-state index is -4.49. The van der Waals surface area contributed by atoms with Gasteiger partial charge in [-0.1, -0.05) is 42.8 Å². The molecule has 0 radical (unpaired) electrons. The van der Waals surface area contributed by atoms with Gasteiger partial charge in [-0.2, -0.15) is 8.78 Å². The summed E-state index contributed by atoms with van der Waals surface area (Å²) in [6.45, 7) is 2.03. The third kappa shape index (κ3) is 7.03. The minimum absolute atomic E-state index is 0.0231. The van der Waals surface area contributed by atoms with Gasteiger partial charge in [-0.3, -0.25) is 0 Å². The van der Waals surface area contributed by atoms with Crippen LogP contribution in [-0.2, 0) is 6.11 Å². The van der Waals surface area contributed by atoms with E-state index >= 15 is 13.2 Å². The lowest BCUT2D eigenvalue weighted by Gasteiger charge is -2.28. The first-order valence-corrected chi connectivity index (χ1v) is 14.7. The number of benzene rings is 4. The highest BCUT2D eigenvalue weighted by Crippen LogP contribution is 2.41. The molecule has 236 valence electrons. The average Bonchev–Trinajstić information content (AvgIpc) is 2.98. The Labute approximate surface area is 260 Å². The van der Waals surface area contributed by atoms with E-state index in [2.05, 4.69) is 16.9 Å². The van der Waals surface area contributed by atoms with Gasteiger partial charge < -0.3 is 4.74 Å². The van der Waals surface area contributed by atoms with E-state index in [-0.39, 0.29) is 28.2 Å². The molecule has 0 bridgehead atoms. The van der Waals surface area contributed by atoms with E-state index in [1.54, 1.807) is 0 Å². The Balaban J connectivity index is 1.33. The molecule has 4 aromatic rings. The standard InChI is InChI=1S/C35H27ClF8O/c1-2-3-4-19-5-7-20(8-6-19)22-14-29(39)33(30(40)15-22)35(43,44)45-24-10-12-25(28(38)18-24)21-9-11-26(27(37)13-21)23-16-31(41)34(36)32(42)17-23/h3-4,9-20H,2,5-8H2,1H3/b4-3+. The van der Waals surface area contributed by atoms with Crippen molar-refractivity contribution in [2.75, 3.05) is 0 Å². The summed E-state index contributed by atoms with van der Waals surface area (Å²) in [5.41, 5.74) is -1.88. The van der Waals surface area contributed by atoms with Crippen LogP contribution < -0.4 is 4.74 Å². The first kappa shape index (κ1) is 32.5. The lowest BCUT2D eigenvalue weighted by Crippen LogP contribution is -2.25. The summed E-state index contributed by atoms with van der Waals surface area (Å²) in [7, 11) is 0. The van der Waals surface area contributed by atoms with Gasteiger partial charge in [0, 0.05) is 17.2 Å². The van der Waals surface area contributed by atoms with Crippen LogP contribution in [0.3, 0.4) is 0 Å². The largest absolute Gasteiger partial charge is 0.432 e. The van der Waals surface area contributed by atoms with E-state index < -0.39 is 57.3 Å². The maximum absolute atomic E-state index is 15.1. The van der Waals surface area contributed by atoms with Crippen LogP contribution in [0.15, 0.2) is 72.8 Å². The van der Waals surface area contributed by atoms with Crippen molar-refractivity contribution in [2.45, 2.75) is 51.1 Å². The summed E-state index contributed by atoms with van der Waals surface area (Å²) >= 11 is 5.47. The molecule has 0 saturated heterocycles. The predicted molar refractivity (Wildman–Crippen MR) is 157 cm³/mol. The molecule has 1 saturated carbocycles. The maximum Gasteiger partial charge on any atom is 0.432 e. The monoisotopic (exact) mass is 650 g/mol. The number of halogens is 9. The summed E-state index contributed by atoms with van der Waals surface area (Å²) in [5.74, 6) is -7.71. The third-order valence-electron chi connectivity index (χ3n) is 8.00. The zero-order valence-corrected chi connectivity index (χ0v) is 24.7. The Kier molecular flexibility index (Phi) is 9.58. The fourth-order valence-electron chi connectivity index (χ4n) is 5.70. The van der Waals surface area contributed by atoms with Gasteiger partial charge in [-0.25, -0.2) is 26.3 Å². The molecule has 0 atom stereocenters. The van der Waals surface area contributed by atoms with E-state index in [0.717, 1.165) is 67.8 Å². The average molecular weight is 651 g/mol. The van der Waals surface area contributed by atoms with Gasteiger partial charge >= 0.3 is 6.11 Å². The molecule has 0 N–H and O–H groups in total. The maximum atomic E-state index is 15.1. The second-order valence-corrected chi connectivity index (χ2v) is 11.4. The van der Waals surface area contributed by atoms with Crippen LogP contribution in [0.5, 0.6) is 5.75 Å². The molecule has 0 heterocycles. The quantitative estimate of drug-likeness (QED) is 0.105. The van der Waals surface area contributed by atoms with Crippen LogP contribution in [0.25, 0.3) is 22.3 Å². The summed E-state index contributed by atoms with van der Waals surface area (Å²) in [6.07, 6.45) is 3.63. The second-order valence-electron chi connectivity index (χ2n) is 11.0. The zero-order chi connectivity index (χ0) is 32.5. The molecule has 1 fully saturated rings. The Morgan fingerprint density at radius 3 is 1.84 bits per heavy atom. The number of rotatable bonds is 8. The highest BCUT2D eigenvalue weighted by Gasteiger charge is 2.41. The molecule has 0 amide bonds. The molecule has 1 aliphatic carbocycles. The van der Waals surface area contributed by atoms with Crippen LogP contribution in [-0.4, -0.2) is 0 Å². The molecule has 0 spiro atoms. The fourth-order valence-corrected chi connectivity index (χ4v) is 5.81. The van der Waals surface area contributed by atoms with Gasteiger partial charge in [0.25, 0.3) is 0 Å². The molecule has 45 heavy (non-hydrogen) atoms. The molecule has 4 aromatic carbocycles. The highest BCUT2D eigenvalue weighted by atomic mass is 35.5. The zero-order valence-electron chi connectivity index (χ0n) is 23.9. The minimum Gasteiger partial charge on any atom is -0.429 e. The van der Waals surface area contributed by atoms with Gasteiger partial charge in [0.05, 0.1) is 0 Å². The normalized spacial score (nSPS) is 17.2. The molecule has 1 aliphatic rings. The van der Waals surface area contributed by atoms with Crippen LogP contribution in [0.1, 0.15) is 56.1 Å². The van der Waals surface area contributed by atoms with Crippen molar-refractivity contribution in [1.82, 2.24) is 0 Å². The van der Waals surface area contributed by atoms with Crippen LogP contribution in [0.2, 0.25) is 5.02 Å². The van der Waals surface area contributed by atoms with E-state index in [4.69, 9.17) is 11.6 Å². The number of ether oxygens (including phenoxy) is 1. The summed E-state index contributed by atoms with van der Waals surface area (Å²) in [6, 6.07) is 9.35. The van der Waals surface area contributed by atoms with Crippen LogP contribution >= 0.6 is 11.6 Å². The smallest absolute Gasteiger partial charge is 0.429 e. The molecular weight excluding hydrogens is 624 g/mol. The lowest BCUT2D eigenvalue weighted by molar-refractivity contribution is -0.189. The summed E-state index contributed by atoms with van der Waals surface area (Å²) in [5, 5.41) is -0.749. The number of allylic oxidation sites excluding steroid dienone is 2. The predicted octanol–water partition coefficient (Wildman–Crippen LogP) is 11.9. The Morgan fingerprint density at radius 2 is 1.27 bits per heavy atom. The van der Waals surface area contributed by atoms with Crippen molar-refractivity contribution in [1.29, 1.82) is 0 Å². The van der Waals surface area contributed by atoms with Gasteiger partial charge in [0.2, 0.25) is 0 Å². The second kappa shape index (κ2) is 13.3. The Bertz CT molecular complexity index is 1700. The first-order chi connectivity index (χ1) is 21.4. The van der Waals surface area contributed by atoms with Gasteiger partial charge in [-0.15, -0.1) is 0 Å². The summed E-state index contributed by atoms with van der Waals surface area (Å²) in [4.78, 5) is 0. The molecule has 0 aromatic heterocycles. The van der Waals surface area contributed by atoms with Gasteiger partial charge in [-0.05, 0) is 103 Å². The van der Waals surface area contributed by atoms with E-state index in [0.29, 0.717) is 30.4 Å². The number of hydrogen-bond acceptors (Lipinski definition) is 1. The molecular formula is C35H27ClF8O. The van der Waals surface area contributed by atoms with E-state index in [1.165, 1.54) is 6.07 Å². The van der Waals surface area contributed by atoms with Crippen molar-refractivity contribution in [3.8, 4) is 28.0 Å². The van der Waals surface area contributed by atoms with E-state index in [9.17, 15) is 22.0 Å². The molecule has 10 heteroatoms. The van der Waals surface area contributed by atoms with Crippen molar-refractivity contribution >= 4 is 11.6 Å². The van der Waals surface area contributed by atoms with Crippen molar-refractivity contribution in [3.63, 3.8) is 0 Å². The van der Waals surface area contributed by atoms with Crippen molar-refractivity contribution in [3.05, 3.63) is 124 Å². The lowest BCUT2D eigenvalue weighted by atomic mass is 9.78. The SMILES string of the molecule is CC/C=C/C1CCC(c2cc(F)c(C(F)(F)Oc3ccc(-c4ccc(-c5cc(F)c(Cl)c(F)c5)c(F)c4)c(F)c3)c(F)c2)CC1. The third-order valence-corrected chi connectivity index (χ3v) is 8.37. The topological polar surface area (TPSA) is 9.23 Å². The number of alkyl halides is 2. The Hall–Kier alpha value is -3.85. The van der Waals surface area contributed by atoms with E-state index in [1.807, 2.05) is 6.92 Å². The first-order valence-electron chi connectivity index (χ1n) is 14.3.